The Morgan fingerprint density at radius 3 is 2.62 bits per heavy atom. The number of nitrogens with zero attached hydrogens (tertiary/aromatic N) is 3. The molecule has 7 heteroatoms. The molecule has 0 aliphatic heterocycles. The first-order valence-corrected chi connectivity index (χ1v) is 10.2. The molecule has 1 heterocycles. The Kier molecular flexibility index (Phi) is 5.62. The smallest absolute Gasteiger partial charge is 0.223 e. The van der Waals surface area contributed by atoms with E-state index in [0.717, 1.165) is 41.6 Å². The second-order valence-electron chi connectivity index (χ2n) is 7.33. The number of halogens is 2. The number of nitrogens with one attached hydrogen (secondary N) is 1. The molecule has 2 atom stereocenters. The van der Waals surface area contributed by atoms with Gasteiger partial charge in [-0.05, 0) is 49.4 Å². The van der Waals surface area contributed by atoms with Gasteiger partial charge in [-0.1, -0.05) is 47.1 Å². The fourth-order valence-electron chi connectivity index (χ4n) is 3.97. The lowest BCUT2D eigenvalue weighted by molar-refractivity contribution is -0.124. The fraction of sp³-hybridized carbons (Fsp3) is 0.318. The third kappa shape index (κ3) is 4.03. The van der Waals surface area contributed by atoms with Crippen molar-refractivity contribution in [1.29, 1.82) is 0 Å². The Labute approximate surface area is 173 Å². The highest BCUT2D eigenvalue weighted by atomic mass is 35.5. The summed E-state index contributed by atoms with van der Waals surface area (Å²) < 4.78 is 15.7. The molecule has 5 nitrogen and oxygen atoms in total. The van der Waals surface area contributed by atoms with Crippen LogP contribution in [0.25, 0.3) is 22.4 Å². The first-order valence-electron chi connectivity index (χ1n) is 9.80. The maximum absolute atomic E-state index is 13.7. The van der Waals surface area contributed by atoms with E-state index in [-0.39, 0.29) is 22.9 Å². The van der Waals surface area contributed by atoms with Crippen LogP contribution < -0.4 is 5.32 Å². The summed E-state index contributed by atoms with van der Waals surface area (Å²) in [7, 11) is 0. The standard InChI is InChI=1S/C22H22ClFN4O/c1-2-25-22(29)17-7-9-18(11-17)28-21(13-26-27-28)15-5-3-14(4-6-15)16-8-10-19(23)20(24)12-16/h3-6,8,10,12-13,17-18H,2,7,9,11H2,1H3,(H,25,29). The van der Waals surface area contributed by atoms with Gasteiger partial charge in [-0.25, -0.2) is 9.07 Å². The van der Waals surface area contributed by atoms with Gasteiger partial charge in [-0.2, -0.15) is 0 Å². The molecule has 1 aliphatic carbocycles. The quantitative estimate of drug-likeness (QED) is 0.649. The van der Waals surface area contributed by atoms with E-state index in [4.69, 9.17) is 11.6 Å². The van der Waals surface area contributed by atoms with Gasteiger partial charge in [0, 0.05) is 18.0 Å². The van der Waals surface area contributed by atoms with Crippen molar-refractivity contribution in [3.05, 3.63) is 59.5 Å². The van der Waals surface area contributed by atoms with E-state index in [9.17, 15) is 9.18 Å². The van der Waals surface area contributed by atoms with Crippen LogP contribution in [-0.2, 0) is 4.79 Å². The Balaban J connectivity index is 1.54. The van der Waals surface area contributed by atoms with Crippen LogP contribution >= 0.6 is 11.6 Å². The number of amides is 1. The minimum Gasteiger partial charge on any atom is -0.356 e. The highest BCUT2D eigenvalue weighted by Gasteiger charge is 2.32. The topological polar surface area (TPSA) is 59.8 Å². The largest absolute Gasteiger partial charge is 0.356 e. The predicted molar refractivity (Wildman–Crippen MR) is 111 cm³/mol. The van der Waals surface area contributed by atoms with Crippen LogP contribution in [0.5, 0.6) is 0 Å². The van der Waals surface area contributed by atoms with Gasteiger partial charge in [0.2, 0.25) is 5.91 Å². The minimum absolute atomic E-state index is 0.0270. The van der Waals surface area contributed by atoms with Gasteiger partial charge in [0.05, 0.1) is 23.0 Å². The van der Waals surface area contributed by atoms with Crippen LogP contribution in [0.3, 0.4) is 0 Å². The molecule has 0 saturated heterocycles. The van der Waals surface area contributed by atoms with Gasteiger partial charge < -0.3 is 5.32 Å². The van der Waals surface area contributed by atoms with Crippen LogP contribution in [0.4, 0.5) is 4.39 Å². The number of rotatable bonds is 5. The van der Waals surface area contributed by atoms with E-state index in [0.29, 0.717) is 6.54 Å². The third-order valence-corrected chi connectivity index (χ3v) is 5.79. The van der Waals surface area contributed by atoms with Gasteiger partial charge in [-0.3, -0.25) is 4.79 Å². The van der Waals surface area contributed by atoms with Crippen molar-refractivity contribution in [2.24, 2.45) is 5.92 Å². The van der Waals surface area contributed by atoms with Crippen LogP contribution in [0, 0.1) is 11.7 Å². The molecule has 0 spiro atoms. The van der Waals surface area contributed by atoms with Crippen molar-refractivity contribution in [1.82, 2.24) is 20.3 Å². The van der Waals surface area contributed by atoms with Crippen molar-refractivity contribution in [3.63, 3.8) is 0 Å². The van der Waals surface area contributed by atoms with E-state index in [1.54, 1.807) is 18.3 Å². The summed E-state index contributed by atoms with van der Waals surface area (Å²) in [5, 5.41) is 11.4. The van der Waals surface area contributed by atoms with Crippen LogP contribution in [0.15, 0.2) is 48.7 Å². The molecule has 3 aromatic rings. The lowest BCUT2D eigenvalue weighted by Gasteiger charge is -2.14. The van der Waals surface area contributed by atoms with Crippen molar-refractivity contribution >= 4 is 17.5 Å². The molecule has 150 valence electrons. The summed E-state index contributed by atoms with van der Waals surface area (Å²) in [6.07, 6.45) is 4.28. The highest BCUT2D eigenvalue weighted by molar-refractivity contribution is 6.30. The SMILES string of the molecule is CCNC(=O)C1CCC(n2nncc2-c2ccc(-c3ccc(Cl)c(F)c3)cc2)C1. The molecule has 1 amide bonds. The molecule has 1 N–H and O–H groups in total. The van der Waals surface area contributed by atoms with Gasteiger partial charge >= 0.3 is 0 Å². The lowest BCUT2D eigenvalue weighted by atomic mass is 10.0. The summed E-state index contributed by atoms with van der Waals surface area (Å²) in [5.74, 6) is -0.284. The molecule has 1 saturated carbocycles. The molecular formula is C22H22ClFN4O. The maximum Gasteiger partial charge on any atom is 0.223 e. The number of carbonyl (C=O) groups excluding carboxylic acids is 1. The average molecular weight is 413 g/mol. The lowest BCUT2D eigenvalue weighted by Crippen LogP contribution is -2.29. The van der Waals surface area contributed by atoms with Crippen LogP contribution in [0.2, 0.25) is 5.02 Å². The van der Waals surface area contributed by atoms with Crippen molar-refractivity contribution < 1.29 is 9.18 Å². The highest BCUT2D eigenvalue weighted by Crippen LogP contribution is 2.37. The monoisotopic (exact) mass is 412 g/mol. The second kappa shape index (κ2) is 8.33. The Morgan fingerprint density at radius 1 is 1.17 bits per heavy atom. The van der Waals surface area contributed by atoms with Crippen molar-refractivity contribution in [3.8, 4) is 22.4 Å². The fourth-order valence-corrected chi connectivity index (χ4v) is 4.08. The molecule has 2 aromatic carbocycles. The molecule has 1 aliphatic rings. The Bertz CT molecular complexity index is 1020. The summed E-state index contributed by atoms with van der Waals surface area (Å²) >= 11 is 5.77. The molecule has 1 aromatic heterocycles. The zero-order valence-electron chi connectivity index (χ0n) is 16.1. The van der Waals surface area contributed by atoms with Crippen molar-refractivity contribution in [2.75, 3.05) is 6.54 Å². The summed E-state index contributed by atoms with van der Waals surface area (Å²) in [6.45, 7) is 2.58. The van der Waals surface area contributed by atoms with E-state index in [1.807, 2.05) is 35.9 Å². The first kappa shape index (κ1) is 19.6. The zero-order chi connectivity index (χ0) is 20.4. The molecule has 1 fully saturated rings. The van der Waals surface area contributed by atoms with Gasteiger partial charge in [0.25, 0.3) is 0 Å². The van der Waals surface area contributed by atoms with E-state index >= 15 is 0 Å². The third-order valence-electron chi connectivity index (χ3n) is 5.48. The van der Waals surface area contributed by atoms with Crippen LogP contribution in [-0.4, -0.2) is 27.4 Å². The second-order valence-corrected chi connectivity index (χ2v) is 7.74. The average Bonchev–Trinajstić information content (AvgIpc) is 3.40. The van der Waals surface area contributed by atoms with E-state index in [2.05, 4.69) is 15.6 Å². The Hall–Kier alpha value is -2.73. The molecule has 4 rings (SSSR count). The van der Waals surface area contributed by atoms with Gasteiger partial charge in [0.15, 0.2) is 0 Å². The number of aromatic nitrogens is 3. The predicted octanol–water partition coefficient (Wildman–Crippen LogP) is 4.88. The summed E-state index contributed by atoms with van der Waals surface area (Å²) in [4.78, 5) is 12.1. The van der Waals surface area contributed by atoms with E-state index < -0.39 is 5.82 Å². The molecule has 0 radical (unpaired) electrons. The number of hydrogen-bond acceptors (Lipinski definition) is 3. The number of carbonyl (C=O) groups is 1. The number of hydrogen-bond donors (Lipinski definition) is 1. The molecule has 2 unspecified atom stereocenters. The first-order chi connectivity index (χ1) is 14.1. The normalized spacial score (nSPS) is 18.7. The Morgan fingerprint density at radius 2 is 1.90 bits per heavy atom. The minimum atomic E-state index is -0.432. The molecule has 29 heavy (non-hydrogen) atoms. The van der Waals surface area contributed by atoms with Gasteiger partial charge in [0.1, 0.15) is 5.82 Å². The molecule has 0 bridgehead atoms. The van der Waals surface area contributed by atoms with Crippen LogP contribution in [0.1, 0.15) is 32.2 Å². The van der Waals surface area contributed by atoms with E-state index in [1.165, 1.54) is 6.07 Å². The molecular weight excluding hydrogens is 391 g/mol. The van der Waals surface area contributed by atoms with Crippen molar-refractivity contribution in [2.45, 2.75) is 32.2 Å². The number of benzene rings is 2. The zero-order valence-corrected chi connectivity index (χ0v) is 16.9. The summed E-state index contributed by atoms with van der Waals surface area (Å²) in [5.41, 5.74) is 3.57. The summed E-state index contributed by atoms with van der Waals surface area (Å²) in [6, 6.07) is 12.8. The maximum atomic E-state index is 13.7. The van der Waals surface area contributed by atoms with Gasteiger partial charge in [-0.15, -0.1) is 5.10 Å².